The van der Waals surface area contributed by atoms with Crippen LogP contribution < -0.4 is 0 Å². The average molecular weight is 441 g/mol. The third-order valence-corrected chi connectivity index (χ3v) is 9.19. The molecule has 0 bridgehead atoms. The first kappa shape index (κ1) is 21.7. The Hall–Kier alpha value is -2.18. The van der Waals surface area contributed by atoms with E-state index < -0.39 is 23.0 Å². The zero-order chi connectivity index (χ0) is 23.0. The number of furan rings is 1. The molecule has 0 amide bonds. The quantitative estimate of drug-likeness (QED) is 0.566. The fraction of sp³-hybridized carbons (Fsp3) is 0.615. The van der Waals surface area contributed by atoms with E-state index >= 15 is 0 Å². The highest BCUT2D eigenvalue weighted by Crippen LogP contribution is 2.68. The van der Waals surface area contributed by atoms with E-state index in [4.69, 9.17) is 13.9 Å². The van der Waals surface area contributed by atoms with Crippen LogP contribution in [-0.4, -0.2) is 42.3 Å². The van der Waals surface area contributed by atoms with Crippen LogP contribution in [0.2, 0.25) is 0 Å². The van der Waals surface area contributed by atoms with Crippen LogP contribution in [0.3, 0.4) is 0 Å². The summed E-state index contributed by atoms with van der Waals surface area (Å²) in [5.41, 5.74) is 2.91. The lowest BCUT2D eigenvalue weighted by Crippen LogP contribution is -2.65. The van der Waals surface area contributed by atoms with Gasteiger partial charge in [0, 0.05) is 29.1 Å². The Morgan fingerprint density at radius 1 is 1.28 bits per heavy atom. The fourth-order valence-electron chi connectivity index (χ4n) is 7.75. The molecule has 32 heavy (non-hydrogen) atoms. The first-order chi connectivity index (χ1) is 15.1. The monoisotopic (exact) mass is 440 g/mol. The molecule has 1 aromatic rings. The minimum Gasteiger partial charge on any atom is -0.472 e. The molecular formula is C26H32O6. The predicted molar refractivity (Wildman–Crippen MR) is 117 cm³/mol. The van der Waals surface area contributed by atoms with Crippen molar-refractivity contribution in [1.29, 1.82) is 0 Å². The van der Waals surface area contributed by atoms with Crippen LogP contribution in [0.4, 0.5) is 0 Å². The number of carbonyl (C=O) groups excluding carboxylic acids is 2. The number of fused-ring (bicyclic) bond motifs is 4. The summed E-state index contributed by atoms with van der Waals surface area (Å²) >= 11 is 0. The van der Waals surface area contributed by atoms with Crippen molar-refractivity contribution in [3.63, 3.8) is 0 Å². The largest absolute Gasteiger partial charge is 0.472 e. The topological polar surface area (TPSA) is 86.0 Å². The smallest absolute Gasteiger partial charge is 0.305 e. The average Bonchev–Trinajstić information content (AvgIpc) is 3.45. The van der Waals surface area contributed by atoms with Crippen molar-refractivity contribution in [3.8, 4) is 0 Å². The number of hydrogen-bond donors (Lipinski definition) is 1. The van der Waals surface area contributed by atoms with E-state index in [1.165, 1.54) is 12.7 Å². The Morgan fingerprint density at radius 2 is 2.03 bits per heavy atom. The van der Waals surface area contributed by atoms with Crippen LogP contribution in [0.25, 0.3) is 0 Å². The molecule has 172 valence electrons. The van der Waals surface area contributed by atoms with Gasteiger partial charge in [0.1, 0.15) is 5.78 Å². The van der Waals surface area contributed by atoms with Crippen LogP contribution in [0.15, 0.2) is 45.8 Å². The van der Waals surface area contributed by atoms with Crippen LogP contribution in [-0.2, 0) is 19.1 Å². The zero-order valence-electron chi connectivity index (χ0n) is 19.4. The summed E-state index contributed by atoms with van der Waals surface area (Å²) in [6.45, 7) is 8.13. The van der Waals surface area contributed by atoms with Crippen LogP contribution >= 0.6 is 0 Å². The fourth-order valence-corrected chi connectivity index (χ4v) is 7.75. The van der Waals surface area contributed by atoms with E-state index in [0.29, 0.717) is 6.42 Å². The molecule has 1 saturated carbocycles. The number of aliphatic hydroxyl groups is 1. The molecular weight excluding hydrogens is 408 g/mol. The summed E-state index contributed by atoms with van der Waals surface area (Å²) in [7, 11) is 1.39. The van der Waals surface area contributed by atoms with Crippen LogP contribution in [0.5, 0.6) is 0 Å². The molecule has 1 saturated heterocycles. The van der Waals surface area contributed by atoms with Gasteiger partial charge < -0.3 is 19.0 Å². The minimum absolute atomic E-state index is 0.0758. The first-order valence-corrected chi connectivity index (χ1v) is 11.5. The molecule has 6 nitrogen and oxygen atoms in total. The van der Waals surface area contributed by atoms with E-state index in [1.807, 2.05) is 26.0 Å². The lowest BCUT2D eigenvalue weighted by molar-refractivity contribution is -0.189. The molecule has 8 atom stereocenters. The maximum absolute atomic E-state index is 13.5. The van der Waals surface area contributed by atoms with Gasteiger partial charge >= 0.3 is 5.97 Å². The molecule has 2 heterocycles. The number of allylic oxidation sites excluding steroid dienone is 2. The number of hydrogen-bond acceptors (Lipinski definition) is 6. The number of aliphatic hydroxyl groups excluding tert-OH is 1. The van der Waals surface area contributed by atoms with Gasteiger partial charge in [0.05, 0.1) is 44.4 Å². The Morgan fingerprint density at radius 3 is 2.69 bits per heavy atom. The van der Waals surface area contributed by atoms with Crippen LogP contribution in [0.1, 0.15) is 58.4 Å². The Labute approximate surface area is 188 Å². The summed E-state index contributed by atoms with van der Waals surface area (Å²) in [5.74, 6) is -0.808. The van der Waals surface area contributed by atoms with Crippen molar-refractivity contribution < 1.29 is 28.6 Å². The van der Waals surface area contributed by atoms with Gasteiger partial charge in [-0.05, 0) is 43.4 Å². The molecule has 1 aromatic heterocycles. The second kappa shape index (κ2) is 7.16. The number of esters is 1. The van der Waals surface area contributed by atoms with Gasteiger partial charge in [-0.25, -0.2) is 0 Å². The van der Waals surface area contributed by atoms with Crippen molar-refractivity contribution in [2.24, 2.45) is 22.7 Å². The molecule has 4 aliphatic rings. The number of methoxy groups -OCH3 is 1. The Bertz CT molecular complexity index is 1020. The number of ketones is 1. The van der Waals surface area contributed by atoms with Crippen molar-refractivity contribution >= 4 is 11.8 Å². The molecule has 0 radical (unpaired) electrons. The standard InChI is InChI=1S/C26H32O6/c1-13-6-7-19(27)25(3)18(11-20(28)30-5)26(4)22-14(2)16(15-8-9-31-12-15)10-17(22)32-24(26)23(29)21(13)25/h6,8-9,12,16-18,21,23-24,29H,7,10-11H2,1-5H3/t16-,17-,18+,21+,23+,24+,25-,26+/m0/s1. The van der Waals surface area contributed by atoms with Gasteiger partial charge in [-0.3, -0.25) is 9.59 Å². The van der Waals surface area contributed by atoms with E-state index in [2.05, 4.69) is 13.8 Å². The zero-order valence-corrected chi connectivity index (χ0v) is 19.4. The number of rotatable bonds is 3. The molecule has 5 rings (SSSR count). The number of Topliss-reactive ketones (excluding diaryl/α,β-unsaturated/α-hetero) is 1. The maximum atomic E-state index is 13.5. The molecule has 3 aliphatic carbocycles. The Balaban J connectivity index is 1.70. The molecule has 6 heteroatoms. The van der Waals surface area contributed by atoms with E-state index in [9.17, 15) is 14.7 Å². The van der Waals surface area contributed by atoms with Gasteiger partial charge in [-0.15, -0.1) is 0 Å². The Kier molecular flexibility index (Phi) is 4.84. The van der Waals surface area contributed by atoms with Gasteiger partial charge in [0.2, 0.25) is 0 Å². The normalized spacial score (nSPS) is 42.9. The highest BCUT2D eigenvalue weighted by Gasteiger charge is 2.71. The molecule has 0 aromatic carbocycles. The summed E-state index contributed by atoms with van der Waals surface area (Å²) in [4.78, 5) is 26.1. The highest BCUT2D eigenvalue weighted by molar-refractivity contribution is 5.89. The van der Waals surface area contributed by atoms with Crippen LogP contribution in [0, 0.1) is 22.7 Å². The second-order valence-electron chi connectivity index (χ2n) is 10.4. The van der Waals surface area contributed by atoms with E-state index in [0.717, 1.165) is 23.1 Å². The molecule has 1 N–H and O–H groups in total. The van der Waals surface area contributed by atoms with E-state index in [-0.39, 0.29) is 42.0 Å². The summed E-state index contributed by atoms with van der Waals surface area (Å²) in [6.07, 6.45) is 5.13. The molecule has 1 aliphatic heterocycles. The van der Waals surface area contributed by atoms with Gasteiger partial charge in [-0.2, -0.15) is 0 Å². The number of carbonyl (C=O) groups is 2. The van der Waals surface area contributed by atoms with Gasteiger partial charge in [0.25, 0.3) is 0 Å². The van der Waals surface area contributed by atoms with Gasteiger partial charge in [0.15, 0.2) is 0 Å². The predicted octanol–water partition coefficient (Wildman–Crippen LogP) is 3.95. The molecule has 2 fully saturated rings. The maximum Gasteiger partial charge on any atom is 0.305 e. The van der Waals surface area contributed by atoms with E-state index in [1.54, 1.807) is 12.5 Å². The summed E-state index contributed by atoms with van der Waals surface area (Å²) in [5, 5.41) is 11.6. The highest BCUT2D eigenvalue weighted by atomic mass is 16.5. The third kappa shape index (κ3) is 2.59. The van der Waals surface area contributed by atoms with Crippen molar-refractivity contribution in [3.05, 3.63) is 47.0 Å². The second-order valence-corrected chi connectivity index (χ2v) is 10.4. The summed E-state index contributed by atoms with van der Waals surface area (Å²) in [6, 6.07) is 1.98. The third-order valence-electron chi connectivity index (χ3n) is 9.19. The lowest BCUT2D eigenvalue weighted by Gasteiger charge is -2.59. The first-order valence-electron chi connectivity index (χ1n) is 11.5. The van der Waals surface area contributed by atoms with Crippen molar-refractivity contribution in [2.75, 3.05) is 7.11 Å². The van der Waals surface area contributed by atoms with Gasteiger partial charge in [-0.1, -0.05) is 31.1 Å². The SMILES string of the molecule is COC(=O)C[C@H]1[C@]2(C)C3=C(C)[C@@H](c4ccoc4)C[C@@H]3O[C@@H]2[C@H](O)[C@H]2C(C)=CCC(=O)[C@]12C. The molecule has 0 unspecified atom stereocenters. The van der Waals surface area contributed by atoms with Crippen molar-refractivity contribution in [1.82, 2.24) is 0 Å². The van der Waals surface area contributed by atoms with Crippen molar-refractivity contribution in [2.45, 2.75) is 71.2 Å². The summed E-state index contributed by atoms with van der Waals surface area (Å²) < 4.78 is 17.0. The lowest BCUT2D eigenvalue weighted by atomic mass is 9.44. The molecule has 0 spiro atoms. The number of ether oxygens (including phenoxy) is 2. The minimum atomic E-state index is -0.878.